The second kappa shape index (κ2) is 5.12. The van der Waals surface area contributed by atoms with Crippen LogP contribution >= 0.6 is 0 Å². The van der Waals surface area contributed by atoms with Crippen molar-refractivity contribution < 1.29 is 0 Å². The molecule has 1 N–H and O–H groups in total. The molecule has 6 atom stereocenters. The van der Waals surface area contributed by atoms with Crippen molar-refractivity contribution in [3.05, 3.63) is 34.9 Å². The fourth-order valence-electron chi connectivity index (χ4n) is 5.71. The summed E-state index contributed by atoms with van der Waals surface area (Å²) in [5.41, 5.74) is 4.29. The molecule has 0 aliphatic heterocycles. The van der Waals surface area contributed by atoms with Crippen LogP contribution in [-0.4, -0.2) is 6.04 Å². The Balaban J connectivity index is 1.45. The van der Waals surface area contributed by atoms with Crippen LogP contribution in [0.15, 0.2) is 18.2 Å². The summed E-state index contributed by atoms with van der Waals surface area (Å²) in [7, 11) is 0. The number of fused-ring (bicyclic) bond motifs is 5. The van der Waals surface area contributed by atoms with Crippen LogP contribution in [0.3, 0.4) is 0 Å². The van der Waals surface area contributed by atoms with Gasteiger partial charge in [0.05, 0.1) is 0 Å². The first-order chi connectivity index (χ1) is 10.1. The molecule has 114 valence electrons. The van der Waals surface area contributed by atoms with Crippen molar-refractivity contribution in [1.29, 1.82) is 0 Å². The number of nitrogens with one attached hydrogen (secondary N) is 1. The van der Waals surface area contributed by atoms with E-state index in [9.17, 15) is 0 Å². The average molecular weight is 283 g/mol. The van der Waals surface area contributed by atoms with Crippen LogP contribution in [-0.2, 0) is 0 Å². The third-order valence-electron chi connectivity index (χ3n) is 6.92. The van der Waals surface area contributed by atoms with Crippen molar-refractivity contribution in [1.82, 2.24) is 5.32 Å². The second-order valence-corrected chi connectivity index (χ2v) is 7.99. The highest BCUT2D eigenvalue weighted by Gasteiger charge is 2.53. The molecule has 0 spiro atoms. The third kappa shape index (κ3) is 2.25. The molecule has 0 aromatic heterocycles. The van der Waals surface area contributed by atoms with Gasteiger partial charge >= 0.3 is 0 Å². The van der Waals surface area contributed by atoms with E-state index in [1.165, 1.54) is 48.8 Å². The molecule has 0 amide bonds. The normalized spacial score (nSPS) is 38.7. The summed E-state index contributed by atoms with van der Waals surface area (Å²) < 4.78 is 0. The molecule has 3 aliphatic rings. The van der Waals surface area contributed by atoms with Gasteiger partial charge in [-0.2, -0.15) is 0 Å². The molecule has 3 aliphatic carbocycles. The van der Waals surface area contributed by atoms with Crippen LogP contribution in [0.4, 0.5) is 0 Å². The lowest BCUT2D eigenvalue weighted by Gasteiger charge is -2.34. The predicted molar refractivity (Wildman–Crippen MR) is 88.3 cm³/mol. The SMILES string of the molecule is Cc1ccc(C(C)NC2CC3CC2C2CCCC32)cc1C. The molecule has 2 bridgehead atoms. The number of benzene rings is 1. The zero-order valence-electron chi connectivity index (χ0n) is 13.7. The van der Waals surface area contributed by atoms with E-state index in [2.05, 4.69) is 44.3 Å². The largest absolute Gasteiger partial charge is 0.307 e. The van der Waals surface area contributed by atoms with Crippen LogP contribution in [0, 0.1) is 37.5 Å². The lowest BCUT2D eigenvalue weighted by Crippen LogP contribution is -2.40. The molecule has 0 saturated heterocycles. The average Bonchev–Trinajstić information content (AvgIpc) is 3.13. The quantitative estimate of drug-likeness (QED) is 0.842. The van der Waals surface area contributed by atoms with Crippen LogP contribution in [0.5, 0.6) is 0 Å². The van der Waals surface area contributed by atoms with Gasteiger partial charge in [-0.05, 0) is 86.8 Å². The molecule has 1 aromatic rings. The van der Waals surface area contributed by atoms with Gasteiger partial charge < -0.3 is 5.32 Å². The van der Waals surface area contributed by atoms with Gasteiger partial charge in [0.15, 0.2) is 0 Å². The maximum atomic E-state index is 3.99. The fourth-order valence-corrected chi connectivity index (χ4v) is 5.71. The van der Waals surface area contributed by atoms with E-state index in [1.807, 2.05) is 0 Å². The van der Waals surface area contributed by atoms with Crippen molar-refractivity contribution >= 4 is 0 Å². The summed E-state index contributed by atoms with van der Waals surface area (Å²) in [6, 6.07) is 8.24. The van der Waals surface area contributed by atoms with Gasteiger partial charge in [-0.1, -0.05) is 24.6 Å². The first-order valence-electron chi connectivity index (χ1n) is 8.96. The molecule has 6 unspecified atom stereocenters. The number of rotatable bonds is 3. The van der Waals surface area contributed by atoms with Crippen molar-refractivity contribution in [2.24, 2.45) is 23.7 Å². The van der Waals surface area contributed by atoms with Gasteiger partial charge in [-0.25, -0.2) is 0 Å². The Hall–Kier alpha value is -0.820. The lowest BCUT2D eigenvalue weighted by atomic mass is 9.79. The summed E-state index contributed by atoms with van der Waals surface area (Å²) in [4.78, 5) is 0. The van der Waals surface area contributed by atoms with Crippen LogP contribution in [0.2, 0.25) is 0 Å². The van der Waals surface area contributed by atoms with Gasteiger partial charge in [0.2, 0.25) is 0 Å². The minimum Gasteiger partial charge on any atom is -0.307 e. The van der Waals surface area contributed by atoms with Crippen molar-refractivity contribution in [2.75, 3.05) is 0 Å². The topological polar surface area (TPSA) is 12.0 Å². The Kier molecular flexibility index (Phi) is 3.37. The Morgan fingerprint density at radius 3 is 2.62 bits per heavy atom. The van der Waals surface area contributed by atoms with E-state index >= 15 is 0 Å². The maximum Gasteiger partial charge on any atom is 0.0294 e. The standard InChI is InChI=1S/C20H29N/c1-12-7-8-15(9-13(12)2)14(3)21-20-11-16-10-19(20)18-6-4-5-17(16)18/h7-9,14,16-21H,4-6,10-11H2,1-3H3. The molecule has 1 aromatic carbocycles. The maximum absolute atomic E-state index is 3.99. The second-order valence-electron chi connectivity index (χ2n) is 7.99. The molecule has 0 radical (unpaired) electrons. The molecule has 1 heteroatoms. The van der Waals surface area contributed by atoms with E-state index in [4.69, 9.17) is 0 Å². The number of hydrogen-bond donors (Lipinski definition) is 1. The highest BCUT2D eigenvalue weighted by Crippen LogP contribution is 2.58. The smallest absolute Gasteiger partial charge is 0.0294 e. The highest BCUT2D eigenvalue weighted by atomic mass is 15.0. The van der Waals surface area contributed by atoms with E-state index in [0.717, 1.165) is 29.7 Å². The highest BCUT2D eigenvalue weighted by molar-refractivity contribution is 5.31. The molecule has 3 saturated carbocycles. The van der Waals surface area contributed by atoms with Crippen molar-refractivity contribution in [3.8, 4) is 0 Å². The van der Waals surface area contributed by atoms with E-state index in [1.54, 1.807) is 0 Å². The van der Waals surface area contributed by atoms with E-state index in [0.29, 0.717) is 6.04 Å². The molecule has 21 heavy (non-hydrogen) atoms. The summed E-state index contributed by atoms with van der Waals surface area (Å²) >= 11 is 0. The van der Waals surface area contributed by atoms with Gasteiger partial charge in [-0.15, -0.1) is 0 Å². The van der Waals surface area contributed by atoms with Gasteiger partial charge in [0, 0.05) is 12.1 Å². The summed E-state index contributed by atoms with van der Waals surface area (Å²) in [6.07, 6.45) is 7.52. The molecule has 0 heterocycles. The summed E-state index contributed by atoms with van der Waals surface area (Å²) in [5, 5.41) is 3.99. The molecule has 3 fully saturated rings. The van der Waals surface area contributed by atoms with Crippen LogP contribution < -0.4 is 5.32 Å². The molecule has 4 rings (SSSR count). The molecular weight excluding hydrogens is 254 g/mol. The molecule has 1 nitrogen and oxygen atoms in total. The Morgan fingerprint density at radius 1 is 1.00 bits per heavy atom. The van der Waals surface area contributed by atoms with Gasteiger partial charge in [-0.3, -0.25) is 0 Å². The number of hydrogen-bond acceptors (Lipinski definition) is 1. The minimum absolute atomic E-state index is 0.494. The summed E-state index contributed by atoms with van der Waals surface area (Å²) in [5.74, 6) is 4.20. The Morgan fingerprint density at radius 2 is 1.81 bits per heavy atom. The minimum atomic E-state index is 0.494. The zero-order valence-corrected chi connectivity index (χ0v) is 13.7. The summed E-state index contributed by atoms with van der Waals surface area (Å²) in [6.45, 7) is 6.78. The lowest BCUT2D eigenvalue weighted by molar-refractivity contribution is 0.200. The first-order valence-corrected chi connectivity index (χ1v) is 8.96. The van der Waals surface area contributed by atoms with Crippen molar-refractivity contribution in [2.45, 2.75) is 65.0 Å². The van der Waals surface area contributed by atoms with Crippen LogP contribution in [0.25, 0.3) is 0 Å². The Labute approximate surface area is 129 Å². The predicted octanol–water partition coefficient (Wildman–Crippen LogP) is 4.78. The van der Waals surface area contributed by atoms with E-state index < -0.39 is 0 Å². The van der Waals surface area contributed by atoms with Crippen LogP contribution in [0.1, 0.15) is 61.8 Å². The monoisotopic (exact) mass is 283 g/mol. The van der Waals surface area contributed by atoms with E-state index in [-0.39, 0.29) is 0 Å². The number of aryl methyl sites for hydroxylation is 2. The zero-order chi connectivity index (χ0) is 14.6. The van der Waals surface area contributed by atoms with Gasteiger partial charge in [0.1, 0.15) is 0 Å². The van der Waals surface area contributed by atoms with Crippen molar-refractivity contribution in [3.63, 3.8) is 0 Å². The molecular formula is C20H29N. The van der Waals surface area contributed by atoms with Gasteiger partial charge in [0.25, 0.3) is 0 Å². The third-order valence-corrected chi connectivity index (χ3v) is 6.92. The first kappa shape index (κ1) is 13.8. The fraction of sp³-hybridized carbons (Fsp3) is 0.700. The Bertz CT molecular complexity index is 535.